The Labute approximate surface area is 217 Å². The third-order valence-electron chi connectivity index (χ3n) is 6.43. The number of nitrogens with one attached hydrogen (secondary N) is 1. The highest BCUT2D eigenvalue weighted by atomic mass is 32.2. The molecule has 1 saturated heterocycles. The molecule has 1 aliphatic rings. The average Bonchev–Trinajstić information content (AvgIpc) is 3.15. The molecule has 11 heteroatoms. The molecule has 2 aromatic rings. The number of rotatable bonds is 8. The molecule has 0 aliphatic carbocycles. The van der Waals surface area contributed by atoms with Crippen molar-refractivity contribution in [2.45, 2.75) is 50.6 Å². The van der Waals surface area contributed by atoms with Crippen LogP contribution in [0.1, 0.15) is 31.4 Å². The van der Waals surface area contributed by atoms with E-state index in [1.54, 1.807) is 52.2 Å². The van der Waals surface area contributed by atoms with Crippen LogP contribution >= 0.6 is 0 Å². The monoisotopic (exact) mass is 531 g/mol. The fraction of sp³-hybridized carbons (Fsp3) is 0.423. The molecule has 200 valence electrons. The van der Waals surface area contributed by atoms with Crippen molar-refractivity contribution in [3.63, 3.8) is 0 Å². The standard InChI is InChI=1S/C26H33N3O7S/c1-17-6-12-20(13-7-17)37(34,35)29-15-14-26(2,3)22(29)23(30)27-21(24(31)32)16-18-8-10-19(11-9-18)36-25(33)28(4)5/h6-13,21-22H,14-16H2,1-5H3,(H,27,30)(H,31,32)/t21-,22+/m0/s1. The van der Waals surface area contributed by atoms with Crippen LogP contribution in [0.3, 0.4) is 0 Å². The summed E-state index contributed by atoms with van der Waals surface area (Å²) in [6.45, 7) is 5.59. The van der Waals surface area contributed by atoms with Crippen LogP contribution in [0.25, 0.3) is 0 Å². The summed E-state index contributed by atoms with van der Waals surface area (Å²) >= 11 is 0. The van der Waals surface area contributed by atoms with Gasteiger partial charge < -0.3 is 20.1 Å². The predicted octanol–water partition coefficient (Wildman–Crippen LogP) is 2.66. The normalized spacial score (nSPS) is 18.1. The maximum atomic E-state index is 13.4. The maximum absolute atomic E-state index is 13.4. The van der Waals surface area contributed by atoms with Gasteiger partial charge in [0.1, 0.15) is 17.8 Å². The molecule has 0 spiro atoms. The largest absolute Gasteiger partial charge is 0.480 e. The number of nitrogens with zero attached hydrogens (tertiary/aromatic N) is 2. The molecule has 2 aromatic carbocycles. The molecule has 1 aliphatic heterocycles. The van der Waals surface area contributed by atoms with Crippen molar-refractivity contribution < 1.29 is 32.6 Å². The molecule has 3 rings (SSSR count). The van der Waals surface area contributed by atoms with Crippen LogP contribution in [-0.4, -0.2) is 73.4 Å². The van der Waals surface area contributed by atoms with Crippen molar-refractivity contribution in [2.75, 3.05) is 20.6 Å². The molecule has 0 unspecified atom stereocenters. The van der Waals surface area contributed by atoms with Crippen molar-refractivity contribution in [2.24, 2.45) is 5.41 Å². The lowest BCUT2D eigenvalue weighted by Crippen LogP contribution is -2.55. The molecular formula is C26H33N3O7S. The first-order chi connectivity index (χ1) is 17.2. The van der Waals surface area contributed by atoms with Gasteiger partial charge in [-0.25, -0.2) is 18.0 Å². The van der Waals surface area contributed by atoms with Gasteiger partial charge in [0.25, 0.3) is 0 Å². The number of carboxylic acids is 1. The van der Waals surface area contributed by atoms with Gasteiger partial charge in [-0.2, -0.15) is 4.31 Å². The molecule has 2 N–H and O–H groups in total. The second kappa shape index (κ2) is 10.9. The van der Waals surface area contributed by atoms with Gasteiger partial charge >= 0.3 is 12.1 Å². The lowest BCUT2D eigenvalue weighted by atomic mass is 9.84. The molecule has 37 heavy (non-hydrogen) atoms. The third-order valence-corrected chi connectivity index (χ3v) is 8.31. The zero-order chi connectivity index (χ0) is 27.5. The van der Waals surface area contributed by atoms with E-state index in [0.29, 0.717) is 17.7 Å². The number of amides is 2. The van der Waals surface area contributed by atoms with Gasteiger partial charge in [-0.05, 0) is 48.6 Å². The van der Waals surface area contributed by atoms with E-state index in [1.165, 1.54) is 33.5 Å². The van der Waals surface area contributed by atoms with Gasteiger partial charge in [-0.15, -0.1) is 0 Å². The second-order valence-electron chi connectivity index (χ2n) is 10.1. The van der Waals surface area contributed by atoms with Crippen molar-refractivity contribution in [3.8, 4) is 5.75 Å². The highest BCUT2D eigenvalue weighted by Crippen LogP contribution is 2.39. The number of aryl methyl sites for hydroxylation is 1. The van der Waals surface area contributed by atoms with Gasteiger partial charge in [0.05, 0.1) is 4.90 Å². The maximum Gasteiger partial charge on any atom is 0.414 e. The molecule has 2 atom stereocenters. The van der Waals surface area contributed by atoms with Crippen molar-refractivity contribution in [1.82, 2.24) is 14.5 Å². The third kappa shape index (κ3) is 6.47. The summed E-state index contributed by atoms with van der Waals surface area (Å²) in [7, 11) is -0.874. The first-order valence-electron chi connectivity index (χ1n) is 11.8. The van der Waals surface area contributed by atoms with Crippen LogP contribution in [0.15, 0.2) is 53.4 Å². The Kier molecular flexibility index (Phi) is 8.28. The molecular weight excluding hydrogens is 498 g/mol. The highest BCUT2D eigenvalue weighted by Gasteiger charge is 2.50. The van der Waals surface area contributed by atoms with Crippen LogP contribution in [0, 0.1) is 12.3 Å². The van der Waals surface area contributed by atoms with E-state index in [2.05, 4.69) is 5.32 Å². The Morgan fingerprint density at radius 2 is 1.70 bits per heavy atom. The minimum absolute atomic E-state index is 0.0408. The van der Waals surface area contributed by atoms with Gasteiger partial charge in [0.2, 0.25) is 15.9 Å². The number of hydrogen-bond donors (Lipinski definition) is 2. The van der Waals surface area contributed by atoms with Crippen LogP contribution in [0.2, 0.25) is 0 Å². The van der Waals surface area contributed by atoms with Crippen LogP contribution in [0.4, 0.5) is 4.79 Å². The summed E-state index contributed by atoms with van der Waals surface area (Å²) in [6, 6.07) is 10.3. The van der Waals surface area contributed by atoms with E-state index < -0.39 is 45.5 Å². The van der Waals surface area contributed by atoms with E-state index in [4.69, 9.17) is 4.74 Å². The predicted molar refractivity (Wildman–Crippen MR) is 137 cm³/mol. The fourth-order valence-corrected chi connectivity index (χ4v) is 5.96. The number of ether oxygens (including phenoxy) is 1. The zero-order valence-corrected chi connectivity index (χ0v) is 22.4. The lowest BCUT2D eigenvalue weighted by molar-refractivity contribution is -0.142. The first-order valence-corrected chi connectivity index (χ1v) is 13.3. The Morgan fingerprint density at radius 3 is 2.24 bits per heavy atom. The summed E-state index contributed by atoms with van der Waals surface area (Å²) in [6.07, 6.45) is -0.144. The Bertz CT molecular complexity index is 1260. The summed E-state index contributed by atoms with van der Waals surface area (Å²) in [5.41, 5.74) is 0.790. The number of sulfonamides is 1. The van der Waals surface area contributed by atoms with Gasteiger partial charge in [0, 0.05) is 27.1 Å². The van der Waals surface area contributed by atoms with Crippen molar-refractivity contribution in [3.05, 3.63) is 59.7 Å². The molecule has 0 aromatic heterocycles. The zero-order valence-electron chi connectivity index (χ0n) is 21.6. The average molecular weight is 532 g/mol. The first kappa shape index (κ1) is 28.1. The van der Waals surface area contributed by atoms with E-state index in [0.717, 1.165) is 5.56 Å². The topological polar surface area (TPSA) is 133 Å². The minimum Gasteiger partial charge on any atom is -0.480 e. The highest BCUT2D eigenvalue weighted by molar-refractivity contribution is 7.89. The SMILES string of the molecule is Cc1ccc(S(=O)(=O)N2CCC(C)(C)[C@H]2C(=O)N[C@@H](Cc2ccc(OC(=O)N(C)C)cc2)C(=O)O)cc1. The summed E-state index contributed by atoms with van der Waals surface area (Å²) in [5, 5.41) is 12.3. The summed E-state index contributed by atoms with van der Waals surface area (Å²) < 4.78 is 33.1. The molecule has 0 bridgehead atoms. The smallest absolute Gasteiger partial charge is 0.414 e. The Balaban J connectivity index is 1.78. The van der Waals surface area contributed by atoms with Gasteiger partial charge in [-0.3, -0.25) is 4.79 Å². The molecule has 2 amide bonds. The van der Waals surface area contributed by atoms with E-state index in [9.17, 15) is 27.9 Å². The quantitative estimate of drug-likeness (QED) is 0.535. The molecule has 0 radical (unpaired) electrons. The van der Waals surface area contributed by atoms with E-state index in [1.807, 2.05) is 6.92 Å². The number of carboxylic acid groups (broad SMARTS) is 1. The Hall–Kier alpha value is -3.44. The second-order valence-corrected chi connectivity index (χ2v) is 12.0. The van der Waals surface area contributed by atoms with Crippen LogP contribution in [0.5, 0.6) is 5.75 Å². The molecule has 0 saturated carbocycles. The summed E-state index contributed by atoms with van der Waals surface area (Å²) in [4.78, 5) is 38.5. The van der Waals surface area contributed by atoms with Crippen LogP contribution < -0.4 is 10.1 Å². The number of hydrogen-bond acceptors (Lipinski definition) is 6. The Morgan fingerprint density at radius 1 is 1.11 bits per heavy atom. The number of carbonyl (C=O) groups excluding carboxylic acids is 2. The van der Waals surface area contributed by atoms with Crippen LogP contribution in [-0.2, 0) is 26.0 Å². The van der Waals surface area contributed by atoms with Gasteiger partial charge in [-0.1, -0.05) is 43.7 Å². The van der Waals surface area contributed by atoms with Gasteiger partial charge in [0.15, 0.2) is 0 Å². The van der Waals surface area contributed by atoms with Crippen molar-refractivity contribution in [1.29, 1.82) is 0 Å². The number of aliphatic carboxylic acids is 1. The number of carbonyl (C=O) groups is 3. The molecule has 1 heterocycles. The van der Waals surface area contributed by atoms with E-state index in [-0.39, 0.29) is 17.9 Å². The molecule has 1 fully saturated rings. The number of benzene rings is 2. The fourth-order valence-electron chi connectivity index (χ4n) is 4.22. The van der Waals surface area contributed by atoms with Crippen molar-refractivity contribution >= 4 is 28.0 Å². The summed E-state index contributed by atoms with van der Waals surface area (Å²) in [5.74, 6) is -1.62. The minimum atomic E-state index is -3.98. The van der Waals surface area contributed by atoms with E-state index >= 15 is 0 Å². The lowest BCUT2D eigenvalue weighted by Gasteiger charge is -2.32. The molecule has 10 nitrogen and oxygen atoms in total.